The van der Waals surface area contributed by atoms with Gasteiger partial charge in [0.1, 0.15) is 5.70 Å². The molecule has 4 heteroatoms. The second-order valence-corrected chi connectivity index (χ2v) is 5.78. The van der Waals surface area contributed by atoms with Gasteiger partial charge in [0.05, 0.1) is 0 Å². The van der Waals surface area contributed by atoms with E-state index in [-0.39, 0.29) is 17.5 Å². The first kappa shape index (κ1) is 17.5. The molecule has 0 aromatic heterocycles. The van der Waals surface area contributed by atoms with E-state index < -0.39 is 0 Å². The Bertz CT molecular complexity index is 732. The Morgan fingerprint density at radius 2 is 1.58 bits per heavy atom. The van der Waals surface area contributed by atoms with Gasteiger partial charge in [-0.3, -0.25) is 9.59 Å². The lowest BCUT2D eigenvalue weighted by molar-refractivity contribution is -0.117. The van der Waals surface area contributed by atoms with E-state index >= 15 is 0 Å². The molecule has 0 aliphatic heterocycles. The van der Waals surface area contributed by atoms with Gasteiger partial charge in [-0.05, 0) is 35.3 Å². The van der Waals surface area contributed by atoms with E-state index in [1.165, 1.54) is 12.6 Å². The van der Waals surface area contributed by atoms with Gasteiger partial charge in [-0.25, -0.2) is 0 Å². The highest BCUT2D eigenvalue weighted by molar-refractivity contribution is 6.05. The van der Waals surface area contributed by atoms with Gasteiger partial charge in [-0.1, -0.05) is 56.3 Å². The van der Waals surface area contributed by atoms with Crippen LogP contribution >= 0.6 is 0 Å². The Labute approximate surface area is 142 Å². The molecular formula is C20H22N2O2. The van der Waals surface area contributed by atoms with Crippen LogP contribution in [-0.2, 0) is 4.79 Å². The lowest BCUT2D eigenvalue weighted by atomic mass is 10.0. The molecule has 2 aromatic rings. The molecule has 0 atom stereocenters. The number of carbonyl (C=O) groups is 2. The predicted octanol–water partition coefficient (Wildman–Crippen LogP) is 3.33. The predicted molar refractivity (Wildman–Crippen MR) is 96.5 cm³/mol. The molecule has 0 radical (unpaired) electrons. The monoisotopic (exact) mass is 322 g/mol. The van der Waals surface area contributed by atoms with Crippen molar-refractivity contribution in [3.8, 4) is 0 Å². The summed E-state index contributed by atoms with van der Waals surface area (Å²) in [6, 6.07) is 16.7. The minimum absolute atomic E-state index is 0.212. The molecule has 2 aromatic carbocycles. The van der Waals surface area contributed by atoms with Crippen molar-refractivity contribution in [1.29, 1.82) is 0 Å². The summed E-state index contributed by atoms with van der Waals surface area (Å²) in [5.74, 6) is -0.212. The second kappa shape index (κ2) is 8.11. The maximum atomic E-state index is 12.3. The van der Waals surface area contributed by atoms with E-state index in [2.05, 4.69) is 24.5 Å². The third kappa shape index (κ3) is 4.56. The van der Waals surface area contributed by atoms with Crippen molar-refractivity contribution in [1.82, 2.24) is 10.6 Å². The van der Waals surface area contributed by atoms with Crippen molar-refractivity contribution in [2.24, 2.45) is 0 Å². The van der Waals surface area contributed by atoms with Crippen molar-refractivity contribution in [3.63, 3.8) is 0 Å². The first-order valence-corrected chi connectivity index (χ1v) is 7.91. The van der Waals surface area contributed by atoms with E-state index in [0.717, 1.165) is 5.56 Å². The van der Waals surface area contributed by atoms with Crippen LogP contribution in [0, 0.1) is 0 Å². The number of benzene rings is 2. The van der Waals surface area contributed by atoms with Crippen molar-refractivity contribution in [2.45, 2.75) is 19.8 Å². The van der Waals surface area contributed by atoms with Crippen LogP contribution in [0.15, 0.2) is 60.3 Å². The highest BCUT2D eigenvalue weighted by atomic mass is 16.2. The average molecular weight is 322 g/mol. The minimum atomic E-state index is -0.341. The molecule has 0 spiro atoms. The maximum Gasteiger partial charge on any atom is 0.267 e. The molecule has 0 fully saturated rings. The van der Waals surface area contributed by atoms with Crippen molar-refractivity contribution in [3.05, 3.63) is 77.0 Å². The molecule has 0 saturated heterocycles. The van der Waals surface area contributed by atoms with E-state index in [4.69, 9.17) is 0 Å². The molecular weight excluding hydrogens is 300 g/mol. The number of amides is 2. The molecule has 0 aliphatic rings. The Hall–Kier alpha value is -2.88. The van der Waals surface area contributed by atoms with Crippen LogP contribution in [0.5, 0.6) is 0 Å². The van der Waals surface area contributed by atoms with Gasteiger partial charge in [0.15, 0.2) is 0 Å². The first-order chi connectivity index (χ1) is 11.5. The van der Waals surface area contributed by atoms with Crippen LogP contribution in [0.2, 0.25) is 0 Å². The molecule has 0 heterocycles. The number of hydrogen-bond donors (Lipinski definition) is 2. The van der Waals surface area contributed by atoms with E-state index in [1.54, 1.807) is 30.3 Å². The van der Waals surface area contributed by atoms with Crippen LogP contribution in [0.25, 0.3) is 6.08 Å². The van der Waals surface area contributed by atoms with Gasteiger partial charge in [0, 0.05) is 12.6 Å². The standard InChI is InChI=1S/C20H22N2O2/c1-14(2)16-11-9-15(10-12-16)13-18(20(24)21-3)22-19(23)17-7-5-4-6-8-17/h4-14H,1-3H3,(H,21,24)(H,22,23)/b18-13+. The quantitative estimate of drug-likeness (QED) is 0.830. The third-order valence-electron chi connectivity index (χ3n) is 3.67. The van der Waals surface area contributed by atoms with Gasteiger partial charge >= 0.3 is 0 Å². The molecule has 0 unspecified atom stereocenters. The molecule has 2 amide bonds. The fraction of sp³-hybridized carbons (Fsp3) is 0.200. The maximum absolute atomic E-state index is 12.3. The summed E-state index contributed by atoms with van der Waals surface area (Å²) < 4.78 is 0. The molecule has 124 valence electrons. The van der Waals surface area contributed by atoms with E-state index in [1.807, 2.05) is 30.3 Å². The molecule has 24 heavy (non-hydrogen) atoms. The Balaban J connectivity index is 2.24. The summed E-state index contributed by atoms with van der Waals surface area (Å²) in [7, 11) is 1.53. The van der Waals surface area contributed by atoms with Gasteiger partial charge < -0.3 is 10.6 Å². The first-order valence-electron chi connectivity index (χ1n) is 7.91. The van der Waals surface area contributed by atoms with Crippen LogP contribution in [0.4, 0.5) is 0 Å². The molecule has 4 nitrogen and oxygen atoms in total. The zero-order chi connectivity index (χ0) is 17.5. The summed E-state index contributed by atoms with van der Waals surface area (Å²) in [6.07, 6.45) is 1.67. The fourth-order valence-corrected chi connectivity index (χ4v) is 2.22. The van der Waals surface area contributed by atoms with Crippen LogP contribution in [0.3, 0.4) is 0 Å². The Kier molecular flexibility index (Phi) is 5.90. The Morgan fingerprint density at radius 1 is 0.958 bits per heavy atom. The van der Waals surface area contributed by atoms with Gasteiger partial charge in [-0.15, -0.1) is 0 Å². The highest BCUT2D eigenvalue weighted by Gasteiger charge is 2.13. The number of carbonyl (C=O) groups excluding carboxylic acids is 2. The minimum Gasteiger partial charge on any atom is -0.354 e. The number of hydrogen-bond acceptors (Lipinski definition) is 2. The van der Waals surface area contributed by atoms with E-state index in [9.17, 15) is 9.59 Å². The summed E-state index contributed by atoms with van der Waals surface area (Å²) in [4.78, 5) is 24.3. The molecule has 0 saturated carbocycles. The number of nitrogens with one attached hydrogen (secondary N) is 2. The fourth-order valence-electron chi connectivity index (χ4n) is 2.22. The number of rotatable bonds is 5. The van der Waals surface area contributed by atoms with Crippen LogP contribution in [-0.4, -0.2) is 18.9 Å². The topological polar surface area (TPSA) is 58.2 Å². The summed E-state index contributed by atoms with van der Waals surface area (Å²) in [6.45, 7) is 4.25. The van der Waals surface area contributed by atoms with Crippen molar-refractivity contribution >= 4 is 17.9 Å². The van der Waals surface area contributed by atoms with Gasteiger partial charge in [-0.2, -0.15) is 0 Å². The molecule has 2 rings (SSSR count). The van der Waals surface area contributed by atoms with Gasteiger partial charge in [0.2, 0.25) is 0 Å². The molecule has 0 aliphatic carbocycles. The zero-order valence-electron chi connectivity index (χ0n) is 14.2. The Morgan fingerprint density at radius 3 is 2.12 bits per heavy atom. The van der Waals surface area contributed by atoms with E-state index in [0.29, 0.717) is 11.5 Å². The number of likely N-dealkylation sites (N-methyl/N-ethyl adjacent to an activating group) is 1. The van der Waals surface area contributed by atoms with Crippen LogP contribution in [0.1, 0.15) is 41.3 Å². The lowest BCUT2D eigenvalue weighted by Gasteiger charge is -2.10. The smallest absolute Gasteiger partial charge is 0.267 e. The van der Waals surface area contributed by atoms with Gasteiger partial charge in [0.25, 0.3) is 11.8 Å². The molecule has 2 N–H and O–H groups in total. The largest absolute Gasteiger partial charge is 0.354 e. The summed E-state index contributed by atoms with van der Waals surface area (Å²) >= 11 is 0. The lowest BCUT2D eigenvalue weighted by Crippen LogP contribution is -2.33. The van der Waals surface area contributed by atoms with Crippen molar-refractivity contribution in [2.75, 3.05) is 7.05 Å². The normalized spacial score (nSPS) is 11.2. The summed E-state index contributed by atoms with van der Waals surface area (Å²) in [5, 5.41) is 5.23. The third-order valence-corrected chi connectivity index (χ3v) is 3.67. The molecule has 0 bridgehead atoms. The summed E-state index contributed by atoms with van der Waals surface area (Å²) in [5.41, 5.74) is 2.79. The van der Waals surface area contributed by atoms with Crippen molar-refractivity contribution < 1.29 is 9.59 Å². The zero-order valence-corrected chi connectivity index (χ0v) is 14.2. The second-order valence-electron chi connectivity index (χ2n) is 5.78. The highest BCUT2D eigenvalue weighted by Crippen LogP contribution is 2.16. The average Bonchev–Trinajstić information content (AvgIpc) is 2.61. The van der Waals surface area contributed by atoms with Crippen LogP contribution < -0.4 is 10.6 Å². The SMILES string of the molecule is CNC(=O)/C(=C\c1ccc(C(C)C)cc1)NC(=O)c1ccccc1.